The Labute approximate surface area is 218 Å². The molecule has 0 radical (unpaired) electrons. The van der Waals surface area contributed by atoms with Gasteiger partial charge in [-0.15, -0.1) is 0 Å². The van der Waals surface area contributed by atoms with Gasteiger partial charge in [0.1, 0.15) is 18.3 Å². The summed E-state index contributed by atoms with van der Waals surface area (Å²) in [5.74, 6) is -0.543. The van der Waals surface area contributed by atoms with Gasteiger partial charge < -0.3 is 15.0 Å². The standard InChI is InChI=1S/C28H33N3O5S/c1-5-29-28(33)22(3)30(19-23-11-7-6-8-12-23)27(32)20-31(25-13-9-10-14-26(25)36-4)37(34,35)24-17-15-21(2)16-18-24/h6-18,22H,5,19-20H2,1-4H3,(H,29,33)/t22-/m1/s1. The predicted molar refractivity (Wildman–Crippen MR) is 144 cm³/mol. The number of methoxy groups -OCH3 is 1. The van der Waals surface area contributed by atoms with Crippen LogP contribution in [-0.4, -0.2) is 51.4 Å². The van der Waals surface area contributed by atoms with Crippen LogP contribution in [0.3, 0.4) is 0 Å². The molecule has 0 saturated carbocycles. The Morgan fingerprint density at radius 2 is 1.57 bits per heavy atom. The van der Waals surface area contributed by atoms with Crippen LogP contribution in [0, 0.1) is 6.92 Å². The number of hydrogen-bond acceptors (Lipinski definition) is 5. The number of para-hydroxylation sites is 2. The number of carbonyl (C=O) groups excluding carboxylic acids is 2. The maximum absolute atomic E-state index is 13.9. The summed E-state index contributed by atoms with van der Waals surface area (Å²) in [4.78, 5) is 28.0. The van der Waals surface area contributed by atoms with Crippen molar-refractivity contribution in [2.75, 3.05) is 24.5 Å². The number of ether oxygens (including phenoxy) is 1. The number of sulfonamides is 1. The van der Waals surface area contributed by atoms with E-state index in [-0.39, 0.29) is 23.0 Å². The highest BCUT2D eigenvalue weighted by Gasteiger charge is 2.33. The number of nitrogens with zero attached hydrogens (tertiary/aromatic N) is 2. The molecule has 3 aromatic carbocycles. The Hall–Kier alpha value is -3.85. The smallest absolute Gasteiger partial charge is 0.264 e. The van der Waals surface area contributed by atoms with Crippen LogP contribution in [0.25, 0.3) is 0 Å². The first kappa shape index (κ1) is 27.7. The van der Waals surface area contributed by atoms with Gasteiger partial charge in [0, 0.05) is 13.1 Å². The lowest BCUT2D eigenvalue weighted by atomic mass is 10.1. The molecule has 0 unspecified atom stereocenters. The van der Waals surface area contributed by atoms with Crippen LogP contribution in [0.2, 0.25) is 0 Å². The van der Waals surface area contributed by atoms with Crippen molar-refractivity contribution in [2.45, 2.75) is 38.3 Å². The number of rotatable bonds is 11. The molecule has 2 amide bonds. The van der Waals surface area contributed by atoms with Gasteiger partial charge in [0.15, 0.2) is 0 Å². The Kier molecular flexibility index (Phi) is 9.30. The van der Waals surface area contributed by atoms with Gasteiger partial charge in [-0.2, -0.15) is 0 Å². The molecule has 0 aromatic heterocycles. The summed E-state index contributed by atoms with van der Waals surface area (Å²) in [5.41, 5.74) is 1.95. The number of amides is 2. The molecule has 0 saturated heterocycles. The van der Waals surface area contributed by atoms with Crippen molar-refractivity contribution in [3.8, 4) is 5.75 Å². The topological polar surface area (TPSA) is 96.0 Å². The summed E-state index contributed by atoms with van der Waals surface area (Å²) in [5, 5.41) is 2.75. The minimum absolute atomic E-state index is 0.0446. The fourth-order valence-corrected chi connectivity index (χ4v) is 5.30. The zero-order chi connectivity index (χ0) is 27.0. The van der Waals surface area contributed by atoms with E-state index < -0.39 is 28.5 Å². The van der Waals surface area contributed by atoms with Gasteiger partial charge in [-0.1, -0.05) is 60.2 Å². The van der Waals surface area contributed by atoms with E-state index in [2.05, 4.69) is 5.32 Å². The Morgan fingerprint density at radius 1 is 0.946 bits per heavy atom. The fourth-order valence-electron chi connectivity index (χ4n) is 3.87. The van der Waals surface area contributed by atoms with Crippen LogP contribution < -0.4 is 14.4 Å². The van der Waals surface area contributed by atoms with Gasteiger partial charge in [-0.05, 0) is 50.6 Å². The van der Waals surface area contributed by atoms with Crippen LogP contribution in [0.4, 0.5) is 5.69 Å². The van der Waals surface area contributed by atoms with E-state index in [4.69, 9.17) is 4.74 Å². The number of likely N-dealkylation sites (N-methyl/N-ethyl adjacent to an activating group) is 1. The second kappa shape index (κ2) is 12.4. The normalized spacial score (nSPS) is 11.9. The lowest BCUT2D eigenvalue weighted by Gasteiger charge is -2.32. The summed E-state index contributed by atoms with van der Waals surface area (Å²) in [7, 11) is -2.72. The predicted octanol–water partition coefficient (Wildman–Crippen LogP) is 3.75. The van der Waals surface area contributed by atoms with Crippen LogP contribution in [0.1, 0.15) is 25.0 Å². The van der Waals surface area contributed by atoms with E-state index in [1.165, 1.54) is 24.1 Å². The van der Waals surface area contributed by atoms with Gasteiger partial charge in [-0.3, -0.25) is 13.9 Å². The largest absolute Gasteiger partial charge is 0.495 e. The highest BCUT2D eigenvalue weighted by Crippen LogP contribution is 2.32. The number of hydrogen-bond donors (Lipinski definition) is 1. The minimum Gasteiger partial charge on any atom is -0.495 e. The lowest BCUT2D eigenvalue weighted by molar-refractivity contribution is -0.139. The molecule has 0 spiro atoms. The van der Waals surface area contributed by atoms with Gasteiger partial charge in [0.25, 0.3) is 10.0 Å². The molecule has 196 valence electrons. The molecule has 0 aliphatic carbocycles. The number of aryl methyl sites for hydroxylation is 1. The zero-order valence-electron chi connectivity index (χ0n) is 21.5. The molecular formula is C28H33N3O5S. The Morgan fingerprint density at radius 3 is 2.19 bits per heavy atom. The van der Waals surface area contributed by atoms with Crippen LogP contribution >= 0.6 is 0 Å². The quantitative estimate of drug-likeness (QED) is 0.413. The van der Waals surface area contributed by atoms with Crippen molar-refractivity contribution in [3.63, 3.8) is 0 Å². The fraction of sp³-hybridized carbons (Fsp3) is 0.286. The lowest BCUT2D eigenvalue weighted by Crippen LogP contribution is -2.51. The van der Waals surface area contributed by atoms with Crippen LogP contribution in [0.5, 0.6) is 5.75 Å². The second-order valence-electron chi connectivity index (χ2n) is 8.57. The van der Waals surface area contributed by atoms with Gasteiger partial charge in [0.05, 0.1) is 17.7 Å². The van der Waals surface area contributed by atoms with Crippen LogP contribution in [0.15, 0.2) is 83.8 Å². The van der Waals surface area contributed by atoms with Gasteiger partial charge >= 0.3 is 0 Å². The van der Waals surface area contributed by atoms with E-state index in [0.717, 1.165) is 15.4 Å². The van der Waals surface area contributed by atoms with E-state index in [1.54, 1.807) is 50.2 Å². The minimum atomic E-state index is -4.16. The molecular weight excluding hydrogens is 490 g/mol. The highest BCUT2D eigenvalue weighted by molar-refractivity contribution is 7.92. The molecule has 0 heterocycles. The third-order valence-corrected chi connectivity index (χ3v) is 7.73. The van der Waals surface area contributed by atoms with Crippen molar-refractivity contribution >= 4 is 27.5 Å². The van der Waals surface area contributed by atoms with Crippen molar-refractivity contribution < 1.29 is 22.7 Å². The molecule has 0 fully saturated rings. The molecule has 1 N–H and O–H groups in total. The third-order valence-electron chi connectivity index (χ3n) is 5.96. The van der Waals surface area contributed by atoms with Crippen molar-refractivity contribution in [1.82, 2.24) is 10.2 Å². The van der Waals surface area contributed by atoms with E-state index >= 15 is 0 Å². The second-order valence-corrected chi connectivity index (χ2v) is 10.4. The number of carbonyl (C=O) groups is 2. The molecule has 0 bridgehead atoms. The molecule has 9 heteroatoms. The van der Waals surface area contributed by atoms with E-state index in [9.17, 15) is 18.0 Å². The molecule has 3 aromatic rings. The maximum Gasteiger partial charge on any atom is 0.264 e. The third kappa shape index (κ3) is 6.68. The average Bonchev–Trinajstić information content (AvgIpc) is 2.90. The first-order chi connectivity index (χ1) is 17.7. The maximum atomic E-state index is 13.9. The van der Waals surface area contributed by atoms with Crippen molar-refractivity contribution in [3.05, 3.63) is 90.0 Å². The number of nitrogens with one attached hydrogen (secondary N) is 1. The molecule has 0 aliphatic heterocycles. The summed E-state index contributed by atoms with van der Waals surface area (Å²) in [6, 6.07) is 21.5. The summed E-state index contributed by atoms with van der Waals surface area (Å²) >= 11 is 0. The van der Waals surface area contributed by atoms with E-state index in [0.29, 0.717) is 12.3 Å². The first-order valence-electron chi connectivity index (χ1n) is 12.0. The van der Waals surface area contributed by atoms with Crippen LogP contribution in [-0.2, 0) is 26.2 Å². The molecule has 1 atom stereocenters. The number of benzene rings is 3. The molecule has 8 nitrogen and oxygen atoms in total. The Balaban J connectivity index is 2.06. The van der Waals surface area contributed by atoms with Gasteiger partial charge in [-0.25, -0.2) is 8.42 Å². The van der Waals surface area contributed by atoms with Crippen molar-refractivity contribution in [1.29, 1.82) is 0 Å². The first-order valence-corrected chi connectivity index (χ1v) is 13.5. The summed E-state index contributed by atoms with van der Waals surface area (Å²) in [6.07, 6.45) is 0. The zero-order valence-corrected chi connectivity index (χ0v) is 22.4. The molecule has 3 rings (SSSR count). The Bertz CT molecular complexity index is 1310. The molecule has 37 heavy (non-hydrogen) atoms. The monoisotopic (exact) mass is 523 g/mol. The summed E-state index contributed by atoms with van der Waals surface area (Å²) in [6.45, 7) is 5.32. The van der Waals surface area contributed by atoms with Gasteiger partial charge in [0.2, 0.25) is 11.8 Å². The number of anilines is 1. The van der Waals surface area contributed by atoms with Crippen molar-refractivity contribution in [2.24, 2.45) is 0 Å². The highest BCUT2D eigenvalue weighted by atomic mass is 32.2. The SMILES string of the molecule is CCNC(=O)[C@@H](C)N(Cc1ccccc1)C(=O)CN(c1ccccc1OC)S(=O)(=O)c1ccc(C)cc1. The average molecular weight is 524 g/mol. The molecule has 0 aliphatic rings. The van der Waals surface area contributed by atoms with E-state index in [1.807, 2.05) is 37.3 Å². The summed E-state index contributed by atoms with van der Waals surface area (Å²) < 4.78 is 34.2.